The topological polar surface area (TPSA) is 92.0 Å². The summed E-state index contributed by atoms with van der Waals surface area (Å²) in [5.74, 6) is 0.103. The molecule has 0 fully saturated rings. The average molecular weight is 211 g/mol. The summed E-state index contributed by atoms with van der Waals surface area (Å²) >= 11 is 0. The zero-order chi connectivity index (χ0) is 11.6. The molecule has 0 aliphatic carbocycles. The van der Waals surface area contributed by atoms with E-state index in [-0.39, 0.29) is 11.4 Å². The van der Waals surface area contributed by atoms with Crippen LogP contribution in [0.15, 0.2) is 4.79 Å². The predicted octanol–water partition coefficient (Wildman–Crippen LogP) is 0.622. The van der Waals surface area contributed by atoms with Gasteiger partial charge in [0.05, 0.1) is 11.1 Å². The van der Waals surface area contributed by atoms with E-state index in [1.165, 1.54) is 0 Å². The molecular formula is C10H17N3O2. The van der Waals surface area contributed by atoms with E-state index in [1.54, 1.807) is 13.8 Å². The molecule has 0 saturated heterocycles. The zero-order valence-electron chi connectivity index (χ0n) is 9.29. The van der Waals surface area contributed by atoms with E-state index in [9.17, 15) is 9.90 Å². The molecule has 1 aromatic heterocycles. The predicted molar refractivity (Wildman–Crippen MR) is 57.7 cm³/mol. The van der Waals surface area contributed by atoms with Gasteiger partial charge in [0.15, 0.2) is 0 Å². The van der Waals surface area contributed by atoms with Gasteiger partial charge in [-0.15, -0.1) is 0 Å². The van der Waals surface area contributed by atoms with Crippen LogP contribution in [0.3, 0.4) is 0 Å². The first-order valence-electron chi connectivity index (χ1n) is 5.03. The summed E-state index contributed by atoms with van der Waals surface area (Å²) in [6, 6.07) is 0. The van der Waals surface area contributed by atoms with E-state index < -0.39 is 5.54 Å². The standard InChI is InChI=1S/C10H17N3O2/c1-4-6-7(14)12-9(13-8(6)15)10(3,11)5-2/h4-5,11H2,1-3H3,(H2,12,13,14,15). The van der Waals surface area contributed by atoms with Crippen molar-refractivity contribution in [3.8, 4) is 5.88 Å². The minimum Gasteiger partial charge on any atom is -0.493 e. The van der Waals surface area contributed by atoms with Crippen molar-refractivity contribution in [2.75, 3.05) is 0 Å². The van der Waals surface area contributed by atoms with E-state index in [0.717, 1.165) is 0 Å². The average Bonchev–Trinajstić information content (AvgIpc) is 2.17. The van der Waals surface area contributed by atoms with Gasteiger partial charge in [-0.25, -0.2) is 0 Å². The Bertz CT molecular complexity index is 410. The van der Waals surface area contributed by atoms with Crippen molar-refractivity contribution in [3.63, 3.8) is 0 Å². The molecule has 0 aliphatic heterocycles. The van der Waals surface area contributed by atoms with E-state index in [1.807, 2.05) is 6.92 Å². The SMILES string of the molecule is CCc1c(O)nc(C(C)(N)CC)[nH]c1=O. The normalized spacial score (nSPS) is 14.9. The van der Waals surface area contributed by atoms with Gasteiger partial charge in [0.1, 0.15) is 5.82 Å². The molecule has 4 N–H and O–H groups in total. The van der Waals surface area contributed by atoms with Gasteiger partial charge in [0, 0.05) is 0 Å². The van der Waals surface area contributed by atoms with Crippen molar-refractivity contribution in [1.82, 2.24) is 9.97 Å². The lowest BCUT2D eigenvalue weighted by Gasteiger charge is -2.21. The molecule has 1 rings (SSSR count). The Labute approximate surface area is 88.4 Å². The minimum atomic E-state index is -0.719. The van der Waals surface area contributed by atoms with Crippen LogP contribution in [0.1, 0.15) is 38.6 Å². The number of aromatic hydroxyl groups is 1. The smallest absolute Gasteiger partial charge is 0.257 e. The highest BCUT2D eigenvalue weighted by atomic mass is 16.3. The Morgan fingerprint density at radius 2 is 2.13 bits per heavy atom. The van der Waals surface area contributed by atoms with Crippen LogP contribution in [-0.2, 0) is 12.0 Å². The number of hydrogen-bond donors (Lipinski definition) is 3. The summed E-state index contributed by atoms with van der Waals surface area (Å²) < 4.78 is 0. The molecule has 0 spiro atoms. The van der Waals surface area contributed by atoms with Gasteiger partial charge >= 0.3 is 0 Å². The maximum absolute atomic E-state index is 11.5. The molecule has 0 aliphatic rings. The second-order valence-corrected chi connectivity index (χ2v) is 3.84. The fourth-order valence-electron chi connectivity index (χ4n) is 1.24. The van der Waals surface area contributed by atoms with Crippen molar-refractivity contribution in [3.05, 3.63) is 21.7 Å². The summed E-state index contributed by atoms with van der Waals surface area (Å²) in [5, 5.41) is 9.54. The number of aromatic amines is 1. The van der Waals surface area contributed by atoms with Gasteiger partial charge in [0.25, 0.3) is 5.56 Å². The molecule has 5 heteroatoms. The summed E-state index contributed by atoms with van der Waals surface area (Å²) in [4.78, 5) is 18.1. The van der Waals surface area contributed by atoms with E-state index in [2.05, 4.69) is 9.97 Å². The Balaban J connectivity index is 3.32. The fraction of sp³-hybridized carbons (Fsp3) is 0.600. The molecule has 1 atom stereocenters. The third kappa shape index (κ3) is 2.18. The lowest BCUT2D eigenvalue weighted by molar-refractivity contribution is 0.404. The lowest BCUT2D eigenvalue weighted by atomic mass is 9.99. The molecule has 84 valence electrons. The third-order valence-electron chi connectivity index (χ3n) is 2.62. The van der Waals surface area contributed by atoms with Crippen LogP contribution in [0.5, 0.6) is 5.88 Å². The van der Waals surface area contributed by atoms with Crippen molar-refractivity contribution in [2.45, 2.75) is 39.2 Å². The van der Waals surface area contributed by atoms with Crippen LogP contribution in [-0.4, -0.2) is 15.1 Å². The highest BCUT2D eigenvalue weighted by Gasteiger charge is 2.23. The molecule has 5 nitrogen and oxygen atoms in total. The van der Waals surface area contributed by atoms with Crippen molar-refractivity contribution in [2.24, 2.45) is 5.73 Å². The first-order chi connectivity index (χ1) is 6.92. The van der Waals surface area contributed by atoms with Crippen LogP contribution in [0, 0.1) is 0 Å². The van der Waals surface area contributed by atoms with Crippen LogP contribution < -0.4 is 11.3 Å². The first kappa shape index (κ1) is 11.7. The molecule has 0 radical (unpaired) electrons. The second kappa shape index (κ2) is 4.02. The number of rotatable bonds is 3. The van der Waals surface area contributed by atoms with Gasteiger partial charge in [-0.2, -0.15) is 4.98 Å². The fourth-order valence-corrected chi connectivity index (χ4v) is 1.24. The van der Waals surface area contributed by atoms with Crippen molar-refractivity contribution >= 4 is 0 Å². The first-order valence-corrected chi connectivity index (χ1v) is 5.03. The van der Waals surface area contributed by atoms with Crippen LogP contribution in [0.2, 0.25) is 0 Å². The number of nitrogens with zero attached hydrogens (tertiary/aromatic N) is 1. The van der Waals surface area contributed by atoms with Crippen LogP contribution in [0.4, 0.5) is 0 Å². The van der Waals surface area contributed by atoms with E-state index >= 15 is 0 Å². The van der Waals surface area contributed by atoms with Gasteiger partial charge in [0.2, 0.25) is 5.88 Å². The van der Waals surface area contributed by atoms with Crippen molar-refractivity contribution in [1.29, 1.82) is 0 Å². The molecule has 1 heterocycles. The Kier molecular flexibility index (Phi) is 3.14. The monoisotopic (exact) mass is 211 g/mol. The Morgan fingerprint density at radius 3 is 2.53 bits per heavy atom. The number of hydrogen-bond acceptors (Lipinski definition) is 4. The molecule has 0 bridgehead atoms. The Morgan fingerprint density at radius 1 is 1.53 bits per heavy atom. The van der Waals surface area contributed by atoms with E-state index in [0.29, 0.717) is 24.2 Å². The molecular weight excluding hydrogens is 194 g/mol. The van der Waals surface area contributed by atoms with Gasteiger partial charge in [-0.05, 0) is 19.8 Å². The molecule has 0 amide bonds. The second-order valence-electron chi connectivity index (χ2n) is 3.84. The zero-order valence-corrected chi connectivity index (χ0v) is 9.29. The summed E-state index contributed by atoms with van der Waals surface area (Å²) in [7, 11) is 0. The van der Waals surface area contributed by atoms with Crippen molar-refractivity contribution < 1.29 is 5.11 Å². The van der Waals surface area contributed by atoms with Gasteiger partial charge < -0.3 is 15.8 Å². The van der Waals surface area contributed by atoms with E-state index in [4.69, 9.17) is 5.73 Å². The Hall–Kier alpha value is -1.36. The molecule has 0 saturated carbocycles. The lowest BCUT2D eigenvalue weighted by Crippen LogP contribution is -2.36. The molecule has 1 aromatic rings. The molecule has 15 heavy (non-hydrogen) atoms. The minimum absolute atomic E-state index is 0.221. The number of nitrogens with two attached hydrogens (primary N) is 1. The molecule has 1 unspecified atom stereocenters. The maximum atomic E-state index is 11.5. The summed E-state index contributed by atoms with van der Waals surface area (Å²) in [6.45, 7) is 5.44. The summed E-state index contributed by atoms with van der Waals surface area (Å²) in [5.41, 5.74) is 5.19. The highest BCUT2D eigenvalue weighted by molar-refractivity contribution is 5.23. The quantitative estimate of drug-likeness (QED) is 0.683. The highest BCUT2D eigenvalue weighted by Crippen LogP contribution is 2.19. The number of aromatic nitrogens is 2. The number of nitrogens with one attached hydrogen (secondary N) is 1. The molecule has 0 aromatic carbocycles. The largest absolute Gasteiger partial charge is 0.493 e. The summed E-state index contributed by atoms with van der Waals surface area (Å²) in [6.07, 6.45) is 1.07. The van der Waals surface area contributed by atoms with Gasteiger partial charge in [-0.1, -0.05) is 13.8 Å². The van der Waals surface area contributed by atoms with Gasteiger partial charge in [-0.3, -0.25) is 4.79 Å². The van der Waals surface area contributed by atoms with Crippen LogP contribution in [0.25, 0.3) is 0 Å². The third-order valence-corrected chi connectivity index (χ3v) is 2.62. The van der Waals surface area contributed by atoms with Crippen LogP contribution >= 0.6 is 0 Å². The number of H-pyrrole nitrogens is 1. The maximum Gasteiger partial charge on any atom is 0.257 e.